The molecule has 0 radical (unpaired) electrons. The lowest BCUT2D eigenvalue weighted by Crippen LogP contribution is -2.15. The van der Waals surface area contributed by atoms with Crippen LogP contribution in [0, 0.1) is 6.92 Å². The molecule has 2 aromatic rings. The standard InChI is InChI=1S/C14H16N2O/c1-11-4-6-12(7-5-11)14(17)13-3-2-9-16(13)10-8-15/h2-7,9H,8,10,15H2,1H3. The molecular formula is C14H16N2O. The summed E-state index contributed by atoms with van der Waals surface area (Å²) in [6.07, 6.45) is 1.88. The fourth-order valence-corrected chi connectivity index (χ4v) is 1.81. The van der Waals surface area contributed by atoms with Gasteiger partial charge in [-0.1, -0.05) is 29.8 Å². The predicted molar refractivity (Wildman–Crippen MR) is 68.1 cm³/mol. The molecule has 3 heteroatoms. The molecule has 0 bridgehead atoms. The summed E-state index contributed by atoms with van der Waals surface area (Å²) in [5.41, 5.74) is 8.08. The van der Waals surface area contributed by atoms with Gasteiger partial charge in [-0.15, -0.1) is 0 Å². The van der Waals surface area contributed by atoms with Crippen LogP contribution in [-0.4, -0.2) is 16.9 Å². The second-order valence-electron chi connectivity index (χ2n) is 4.07. The van der Waals surface area contributed by atoms with Crippen molar-refractivity contribution in [3.05, 3.63) is 59.4 Å². The van der Waals surface area contributed by atoms with E-state index in [4.69, 9.17) is 5.73 Å². The molecule has 0 amide bonds. The monoisotopic (exact) mass is 228 g/mol. The molecule has 2 rings (SSSR count). The molecule has 88 valence electrons. The predicted octanol–water partition coefficient (Wildman–Crippen LogP) is 1.99. The topological polar surface area (TPSA) is 48.0 Å². The molecule has 0 aliphatic rings. The van der Waals surface area contributed by atoms with E-state index >= 15 is 0 Å². The Labute approximate surface area is 101 Å². The van der Waals surface area contributed by atoms with Gasteiger partial charge >= 0.3 is 0 Å². The molecule has 0 saturated heterocycles. The summed E-state index contributed by atoms with van der Waals surface area (Å²) in [5, 5.41) is 0. The maximum Gasteiger partial charge on any atom is 0.209 e. The van der Waals surface area contributed by atoms with Crippen LogP contribution in [0.15, 0.2) is 42.6 Å². The van der Waals surface area contributed by atoms with Gasteiger partial charge in [-0.2, -0.15) is 0 Å². The van der Waals surface area contributed by atoms with E-state index in [9.17, 15) is 4.79 Å². The maximum absolute atomic E-state index is 12.3. The average Bonchev–Trinajstić information content (AvgIpc) is 2.78. The third-order valence-corrected chi connectivity index (χ3v) is 2.75. The third-order valence-electron chi connectivity index (χ3n) is 2.75. The summed E-state index contributed by atoms with van der Waals surface area (Å²) in [7, 11) is 0. The number of benzene rings is 1. The fraction of sp³-hybridized carbons (Fsp3) is 0.214. The Kier molecular flexibility index (Phi) is 3.40. The number of ketones is 1. The number of nitrogens with zero attached hydrogens (tertiary/aromatic N) is 1. The van der Waals surface area contributed by atoms with Crippen molar-refractivity contribution in [1.29, 1.82) is 0 Å². The Morgan fingerprint density at radius 2 is 1.94 bits per heavy atom. The van der Waals surface area contributed by atoms with E-state index in [2.05, 4.69) is 0 Å². The minimum atomic E-state index is 0.0449. The van der Waals surface area contributed by atoms with Crippen molar-refractivity contribution in [2.45, 2.75) is 13.5 Å². The number of aryl methyl sites for hydroxylation is 1. The maximum atomic E-state index is 12.3. The number of hydrogen-bond donors (Lipinski definition) is 1. The van der Waals surface area contributed by atoms with Crippen molar-refractivity contribution in [3.8, 4) is 0 Å². The van der Waals surface area contributed by atoms with Gasteiger partial charge in [-0.3, -0.25) is 4.79 Å². The number of hydrogen-bond acceptors (Lipinski definition) is 2. The number of carbonyl (C=O) groups is 1. The van der Waals surface area contributed by atoms with Gasteiger partial charge in [0.1, 0.15) is 0 Å². The summed E-state index contributed by atoms with van der Waals surface area (Å²) >= 11 is 0. The van der Waals surface area contributed by atoms with Crippen LogP contribution >= 0.6 is 0 Å². The van der Waals surface area contributed by atoms with E-state index in [1.54, 1.807) is 0 Å². The van der Waals surface area contributed by atoms with Crippen LogP contribution in [0.4, 0.5) is 0 Å². The molecule has 0 aliphatic heterocycles. The second kappa shape index (κ2) is 4.97. The number of nitrogens with two attached hydrogens (primary N) is 1. The Morgan fingerprint density at radius 1 is 1.24 bits per heavy atom. The summed E-state index contributed by atoms with van der Waals surface area (Å²) in [6.45, 7) is 3.20. The van der Waals surface area contributed by atoms with Crippen molar-refractivity contribution in [3.63, 3.8) is 0 Å². The highest BCUT2D eigenvalue weighted by molar-refractivity contribution is 6.08. The van der Waals surface area contributed by atoms with E-state index in [-0.39, 0.29) is 5.78 Å². The fourth-order valence-electron chi connectivity index (χ4n) is 1.81. The molecule has 0 saturated carbocycles. The van der Waals surface area contributed by atoms with E-state index in [1.165, 1.54) is 0 Å². The zero-order chi connectivity index (χ0) is 12.3. The van der Waals surface area contributed by atoms with E-state index in [0.717, 1.165) is 5.56 Å². The molecule has 0 atom stereocenters. The second-order valence-corrected chi connectivity index (χ2v) is 4.07. The van der Waals surface area contributed by atoms with Crippen molar-refractivity contribution in [1.82, 2.24) is 4.57 Å². The lowest BCUT2D eigenvalue weighted by atomic mass is 10.1. The SMILES string of the molecule is Cc1ccc(C(=O)c2cccn2CCN)cc1. The van der Waals surface area contributed by atoms with Gasteiger partial charge in [0.2, 0.25) is 5.78 Å². The van der Waals surface area contributed by atoms with E-state index in [0.29, 0.717) is 24.3 Å². The minimum absolute atomic E-state index is 0.0449. The average molecular weight is 228 g/mol. The first kappa shape index (κ1) is 11.6. The van der Waals surface area contributed by atoms with Crippen molar-refractivity contribution in [2.24, 2.45) is 5.73 Å². The highest BCUT2D eigenvalue weighted by Crippen LogP contribution is 2.11. The molecule has 0 spiro atoms. The van der Waals surface area contributed by atoms with Crippen LogP contribution < -0.4 is 5.73 Å². The quantitative estimate of drug-likeness (QED) is 0.813. The van der Waals surface area contributed by atoms with Crippen LogP contribution in [-0.2, 0) is 6.54 Å². The normalized spacial score (nSPS) is 10.5. The highest BCUT2D eigenvalue weighted by Gasteiger charge is 2.12. The van der Waals surface area contributed by atoms with E-state index in [1.807, 2.05) is 54.1 Å². The van der Waals surface area contributed by atoms with Crippen LogP contribution in [0.3, 0.4) is 0 Å². The lowest BCUT2D eigenvalue weighted by molar-refractivity contribution is 0.103. The molecule has 1 heterocycles. The third kappa shape index (κ3) is 2.45. The summed E-state index contributed by atoms with van der Waals surface area (Å²) in [6, 6.07) is 11.3. The molecule has 0 unspecified atom stereocenters. The molecule has 1 aromatic heterocycles. The zero-order valence-corrected chi connectivity index (χ0v) is 9.89. The van der Waals surface area contributed by atoms with Crippen molar-refractivity contribution < 1.29 is 4.79 Å². The molecule has 17 heavy (non-hydrogen) atoms. The first-order valence-electron chi connectivity index (χ1n) is 5.69. The largest absolute Gasteiger partial charge is 0.344 e. The first-order valence-corrected chi connectivity index (χ1v) is 5.69. The van der Waals surface area contributed by atoms with Gasteiger partial charge in [0.05, 0.1) is 5.69 Å². The summed E-state index contributed by atoms with van der Waals surface area (Å²) in [4.78, 5) is 12.3. The number of aromatic nitrogens is 1. The smallest absolute Gasteiger partial charge is 0.209 e. The molecule has 1 aromatic carbocycles. The number of rotatable bonds is 4. The van der Waals surface area contributed by atoms with Gasteiger partial charge in [0.15, 0.2) is 0 Å². The Bertz CT molecular complexity index is 511. The van der Waals surface area contributed by atoms with Crippen LogP contribution in [0.5, 0.6) is 0 Å². The van der Waals surface area contributed by atoms with E-state index < -0.39 is 0 Å². The molecule has 2 N–H and O–H groups in total. The molecule has 0 fully saturated rings. The van der Waals surface area contributed by atoms with Gasteiger partial charge < -0.3 is 10.3 Å². The Balaban J connectivity index is 2.30. The van der Waals surface area contributed by atoms with Crippen LogP contribution in [0.1, 0.15) is 21.6 Å². The molecular weight excluding hydrogens is 212 g/mol. The van der Waals surface area contributed by atoms with Gasteiger partial charge in [0.25, 0.3) is 0 Å². The summed E-state index contributed by atoms with van der Waals surface area (Å²) in [5.74, 6) is 0.0449. The zero-order valence-electron chi connectivity index (χ0n) is 9.89. The van der Waals surface area contributed by atoms with Crippen LogP contribution in [0.2, 0.25) is 0 Å². The Hall–Kier alpha value is -1.87. The first-order chi connectivity index (χ1) is 8.22. The molecule has 0 aliphatic carbocycles. The minimum Gasteiger partial charge on any atom is -0.344 e. The Morgan fingerprint density at radius 3 is 2.59 bits per heavy atom. The van der Waals surface area contributed by atoms with Crippen molar-refractivity contribution in [2.75, 3.05) is 6.54 Å². The van der Waals surface area contributed by atoms with Gasteiger partial charge in [-0.25, -0.2) is 0 Å². The lowest BCUT2D eigenvalue weighted by Gasteiger charge is -2.07. The van der Waals surface area contributed by atoms with Gasteiger partial charge in [0, 0.05) is 24.8 Å². The highest BCUT2D eigenvalue weighted by atomic mass is 16.1. The number of carbonyl (C=O) groups excluding carboxylic acids is 1. The summed E-state index contributed by atoms with van der Waals surface area (Å²) < 4.78 is 1.89. The van der Waals surface area contributed by atoms with Crippen molar-refractivity contribution >= 4 is 5.78 Å². The van der Waals surface area contributed by atoms with Crippen LogP contribution in [0.25, 0.3) is 0 Å². The molecule has 3 nitrogen and oxygen atoms in total. The van der Waals surface area contributed by atoms with Gasteiger partial charge in [-0.05, 0) is 19.1 Å².